The van der Waals surface area contributed by atoms with Gasteiger partial charge >= 0.3 is 0 Å². The normalized spacial score (nSPS) is 15.2. The summed E-state index contributed by atoms with van der Waals surface area (Å²) in [5, 5.41) is 8.16. The largest absolute Gasteiger partial charge is 0.399 e. The third kappa shape index (κ3) is 1.78. The highest BCUT2D eigenvalue weighted by Gasteiger charge is 2.25. The Balaban J connectivity index is 1.85. The van der Waals surface area contributed by atoms with Gasteiger partial charge in [-0.15, -0.1) is 10.2 Å². The van der Waals surface area contributed by atoms with Gasteiger partial charge in [-0.25, -0.2) is 0 Å². The van der Waals surface area contributed by atoms with E-state index in [-0.39, 0.29) is 0 Å². The summed E-state index contributed by atoms with van der Waals surface area (Å²) in [6.45, 7) is 0. The van der Waals surface area contributed by atoms with Crippen molar-refractivity contribution in [1.82, 2.24) is 14.8 Å². The molecular formula is C12H14N4. The van der Waals surface area contributed by atoms with E-state index in [9.17, 15) is 0 Å². The highest BCUT2D eigenvalue weighted by atomic mass is 15.3. The zero-order valence-electron chi connectivity index (χ0n) is 9.00. The summed E-state index contributed by atoms with van der Waals surface area (Å²) in [5.41, 5.74) is 7.75. The van der Waals surface area contributed by atoms with Gasteiger partial charge in [-0.2, -0.15) is 0 Å². The molecule has 1 fully saturated rings. The van der Waals surface area contributed by atoms with Crippen LogP contribution in [0.5, 0.6) is 0 Å². The Hall–Kier alpha value is -1.84. The van der Waals surface area contributed by atoms with Crippen LogP contribution in [0.25, 0.3) is 0 Å². The Morgan fingerprint density at radius 3 is 3.00 bits per heavy atom. The molecule has 0 radical (unpaired) electrons. The molecule has 0 spiro atoms. The summed E-state index contributed by atoms with van der Waals surface area (Å²) in [6.07, 6.45) is 5.14. The number of nitrogens with zero attached hydrogens (tertiary/aromatic N) is 3. The Morgan fingerprint density at radius 2 is 2.25 bits per heavy atom. The standard InChI is InChI=1S/C12H14N4/c13-10-3-1-2-9(6-10)7-12-15-14-8-16(12)11-4-5-11/h1-3,6,8,11H,4-5,7,13H2. The zero-order chi connectivity index (χ0) is 11.0. The lowest BCUT2D eigenvalue weighted by atomic mass is 10.1. The van der Waals surface area contributed by atoms with E-state index >= 15 is 0 Å². The molecule has 1 aromatic heterocycles. The Labute approximate surface area is 94.1 Å². The van der Waals surface area contributed by atoms with Crippen LogP contribution in [0.3, 0.4) is 0 Å². The number of benzene rings is 1. The maximum atomic E-state index is 5.75. The SMILES string of the molecule is Nc1cccc(Cc2nncn2C2CC2)c1. The monoisotopic (exact) mass is 214 g/mol. The molecule has 0 bridgehead atoms. The lowest BCUT2D eigenvalue weighted by molar-refractivity contribution is 0.694. The van der Waals surface area contributed by atoms with Gasteiger partial charge in [-0.05, 0) is 30.5 Å². The second-order valence-electron chi connectivity index (χ2n) is 4.31. The number of anilines is 1. The molecule has 4 heteroatoms. The molecule has 1 saturated carbocycles. The number of rotatable bonds is 3. The first-order valence-electron chi connectivity index (χ1n) is 5.56. The predicted molar refractivity (Wildman–Crippen MR) is 62.0 cm³/mol. The van der Waals surface area contributed by atoms with E-state index in [1.165, 1.54) is 18.4 Å². The number of aromatic nitrogens is 3. The maximum absolute atomic E-state index is 5.75. The molecule has 1 aliphatic carbocycles. The molecule has 0 amide bonds. The van der Waals surface area contributed by atoms with Crippen LogP contribution in [0.15, 0.2) is 30.6 Å². The molecule has 1 aromatic carbocycles. The van der Waals surface area contributed by atoms with Gasteiger partial charge in [0.2, 0.25) is 0 Å². The van der Waals surface area contributed by atoms with Crippen molar-refractivity contribution in [2.75, 3.05) is 5.73 Å². The summed E-state index contributed by atoms with van der Waals surface area (Å²) in [7, 11) is 0. The highest BCUT2D eigenvalue weighted by molar-refractivity contribution is 5.41. The van der Waals surface area contributed by atoms with Gasteiger partial charge in [0, 0.05) is 18.2 Å². The fraction of sp³-hybridized carbons (Fsp3) is 0.333. The molecule has 4 nitrogen and oxygen atoms in total. The van der Waals surface area contributed by atoms with Crippen molar-refractivity contribution < 1.29 is 0 Å². The molecule has 2 aromatic rings. The smallest absolute Gasteiger partial charge is 0.137 e. The summed E-state index contributed by atoms with van der Waals surface area (Å²) in [6, 6.07) is 8.57. The third-order valence-electron chi connectivity index (χ3n) is 2.90. The summed E-state index contributed by atoms with van der Waals surface area (Å²) >= 11 is 0. The minimum Gasteiger partial charge on any atom is -0.399 e. The van der Waals surface area contributed by atoms with Crippen molar-refractivity contribution in [3.63, 3.8) is 0 Å². The van der Waals surface area contributed by atoms with Crippen molar-refractivity contribution in [3.8, 4) is 0 Å². The molecule has 1 heterocycles. The van der Waals surface area contributed by atoms with Gasteiger partial charge in [-0.3, -0.25) is 0 Å². The average molecular weight is 214 g/mol. The quantitative estimate of drug-likeness (QED) is 0.792. The van der Waals surface area contributed by atoms with Gasteiger partial charge in [-0.1, -0.05) is 12.1 Å². The van der Waals surface area contributed by atoms with Crippen molar-refractivity contribution >= 4 is 5.69 Å². The number of hydrogen-bond donors (Lipinski definition) is 1. The first-order chi connectivity index (χ1) is 7.83. The Bertz CT molecular complexity index is 499. The number of nitrogens with two attached hydrogens (primary N) is 1. The van der Waals surface area contributed by atoms with Crippen LogP contribution >= 0.6 is 0 Å². The number of nitrogen functional groups attached to an aromatic ring is 1. The lowest BCUT2D eigenvalue weighted by Crippen LogP contribution is -2.02. The summed E-state index contributed by atoms with van der Waals surface area (Å²) in [5.74, 6) is 1.04. The van der Waals surface area contributed by atoms with Crippen molar-refractivity contribution in [3.05, 3.63) is 42.0 Å². The van der Waals surface area contributed by atoms with Crippen LogP contribution < -0.4 is 5.73 Å². The second-order valence-corrected chi connectivity index (χ2v) is 4.31. The minimum atomic E-state index is 0.631. The van der Waals surface area contributed by atoms with E-state index in [2.05, 4.69) is 20.8 Å². The van der Waals surface area contributed by atoms with E-state index in [1.54, 1.807) is 0 Å². The molecular weight excluding hydrogens is 200 g/mol. The zero-order valence-corrected chi connectivity index (χ0v) is 9.00. The van der Waals surface area contributed by atoms with Crippen molar-refractivity contribution in [1.29, 1.82) is 0 Å². The van der Waals surface area contributed by atoms with E-state index < -0.39 is 0 Å². The molecule has 16 heavy (non-hydrogen) atoms. The fourth-order valence-electron chi connectivity index (χ4n) is 1.94. The minimum absolute atomic E-state index is 0.631. The molecule has 1 aliphatic rings. The van der Waals surface area contributed by atoms with Crippen LogP contribution in [-0.4, -0.2) is 14.8 Å². The van der Waals surface area contributed by atoms with Gasteiger partial charge in [0.05, 0.1) is 0 Å². The van der Waals surface area contributed by atoms with Crippen LogP contribution in [0.2, 0.25) is 0 Å². The fourth-order valence-corrected chi connectivity index (χ4v) is 1.94. The molecule has 0 saturated heterocycles. The van der Waals surface area contributed by atoms with E-state index in [0.29, 0.717) is 6.04 Å². The summed E-state index contributed by atoms with van der Waals surface area (Å²) < 4.78 is 2.18. The molecule has 0 aliphatic heterocycles. The Morgan fingerprint density at radius 1 is 1.38 bits per heavy atom. The highest BCUT2D eigenvalue weighted by Crippen LogP contribution is 2.35. The third-order valence-corrected chi connectivity index (χ3v) is 2.90. The molecule has 82 valence electrons. The predicted octanol–water partition coefficient (Wildman–Crippen LogP) is 1.79. The van der Waals surface area contributed by atoms with E-state index in [0.717, 1.165) is 17.9 Å². The second kappa shape index (κ2) is 3.63. The van der Waals surface area contributed by atoms with Crippen LogP contribution in [0.4, 0.5) is 5.69 Å². The van der Waals surface area contributed by atoms with Crippen LogP contribution in [0.1, 0.15) is 30.3 Å². The summed E-state index contributed by atoms with van der Waals surface area (Å²) in [4.78, 5) is 0. The molecule has 2 N–H and O–H groups in total. The van der Waals surface area contributed by atoms with Gasteiger partial charge in [0.25, 0.3) is 0 Å². The maximum Gasteiger partial charge on any atom is 0.137 e. The van der Waals surface area contributed by atoms with Crippen LogP contribution in [-0.2, 0) is 6.42 Å². The topological polar surface area (TPSA) is 56.7 Å². The van der Waals surface area contributed by atoms with Crippen molar-refractivity contribution in [2.24, 2.45) is 0 Å². The van der Waals surface area contributed by atoms with E-state index in [4.69, 9.17) is 5.73 Å². The Kier molecular flexibility index (Phi) is 2.13. The van der Waals surface area contributed by atoms with Crippen LogP contribution in [0, 0.1) is 0 Å². The van der Waals surface area contributed by atoms with Gasteiger partial charge in [0.15, 0.2) is 0 Å². The van der Waals surface area contributed by atoms with Gasteiger partial charge < -0.3 is 10.3 Å². The van der Waals surface area contributed by atoms with E-state index in [1.807, 2.05) is 24.5 Å². The molecule has 3 rings (SSSR count). The molecule has 0 unspecified atom stereocenters. The molecule has 0 atom stereocenters. The first-order valence-corrected chi connectivity index (χ1v) is 5.56. The first kappa shape index (κ1) is 9.39. The van der Waals surface area contributed by atoms with Gasteiger partial charge in [0.1, 0.15) is 12.2 Å². The number of hydrogen-bond acceptors (Lipinski definition) is 3. The lowest BCUT2D eigenvalue weighted by Gasteiger charge is -2.05. The average Bonchev–Trinajstić information content (AvgIpc) is 3.00. The van der Waals surface area contributed by atoms with Crippen molar-refractivity contribution in [2.45, 2.75) is 25.3 Å².